The van der Waals surface area contributed by atoms with Gasteiger partial charge in [-0.05, 0) is 18.6 Å². The van der Waals surface area contributed by atoms with Crippen molar-refractivity contribution in [3.8, 4) is 0 Å². The summed E-state index contributed by atoms with van der Waals surface area (Å²) >= 11 is 0. The molecule has 2 N–H and O–H groups in total. The van der Waals surface area contributed by atoms with Gasteiger partial charge in [0.1, 0.15) is 0 Å². The highest BCUT2D eigenvalue weighted by molar-refractivity contribution is 5.95. The summed E-state index contributed by atoms with van der Waals surface area (Å²) in [6, 6.07) is 6.87. The van der Waals surface area contributed by atoms with Crippen LogP contribution in [0.3, 0.4) is 0 Å². The molecule has 5 heteroatoms. The van der Waals surface area contributed by atoms with Crippen molar-refractivity contribution in [1.82, 2.24) is 5.16 Å². The van der Waals surface area contributed by atoms with Gasteiger partial charge in [0.15, 0.2) is 5.76 Å². The molecule has 0 spiro atoms. The Morgan fingerprint density at radius 1 is 1.47 bits per heavy atom. The van der Waals surface area contributed by atoms with E-state index in [-0.39, 0.29) is 5.56 Å². The van der Waals surface area contributed by atoms with E-state index in [9.17, 15) is 4.79 Å². The van der Waals surface area contributed by atoms with Crippen LogP contribution in [0.4, 0.5) is 5.69 Å². The van der Waals surface area contributed by atoms with Gasteiger partial charge in [-0.15, -0.1) is 0 Å². The summed E-state index contributed by atoms with van der Waals surface area (Å²) in [5.74, 6) is -0.293. The predicted molar refractivity (Wildman–Crippen MR) is 62.0 cm³/mol. The third kappa shape index (κ3) is 2.44. The fourth-order valence-electron chi connectivity index (χ4n) is 1.59. The number of aromatic nitrogens is 1. The number of anilines is 1. The highest BCUT2D eigenvalue weighted by Crippen LogP contribution is 2.21. The molecule has 0 unspecified atom stereocenters. The van der Waals surface area contributed by atoms with E-state index >= 15 is 0 Å². The van der Waals surface area contributed by atoms with Crippen LogP contribution in [0.1, 0.15) is 21.7 Å². The molecule has 17 heavy (non-hydrogen) atoms. The molecule has 0 saturated carbocycles. The molecule has 0 aliphatic heterocycles. The summed E-state index contributed by atoms with van der Waals surface area (Å²) in [5.41, 5.74) is 1.74. The molecule has 2 aromatic rings. The first-order valence-corrected chi connectivity index (χ1v) is 5.15. The molecule has 0 saturated heterocycles. The Kier molecular flexibility index (Phi) is 3.09. The molecule has 0 amide bonds. The molecule has 1 aromatic heterocycles. The lowest BCUT2D eigenvalue weighted by Gasteiger charge is -2.10. The van der Waals surface area contributed by atoms with Crippen LogP contribution in [0, 0.1) is 6.92 Å². The number of carbonyl (C=O) groups is 1. The second-order valence-corrected chi connectivity index (χ2v) is 3.63. The number of nitrogens with zero attached hydrogens (tertiary/aromatic N) is 1. The third-order valence-electron chi connectivity index (χ3n) is 2.43. The lowest BCUT2D eigenvalue weighted by molar-refractivity contribution is 0.0698. The summed E-state index contributed by atoms with van der Waals surface area (Å²) in [6.07, 6.45) is 1.55. The number of benzene rings is 1. The van der Waals surface area contributed by atoms with Crippen LogP contribution in [-0.2, 0) is 6.54 Å². The Morgan fingerprint density at radius 2 is 2.29 bits per heavy atom. The Labute approximate surface area is 98.1 Å². The van der Waals surface area contributed by atoms with Crippen LogP contribution in [0.2, 0.25) is 0 Å². The van der Waals surface area contributed by atoms with E-state index in [2.05, 4.69) is 10.5 Å². The monoisotopic (exact) mass is 232 g/mol. The van der Waals surface area contributed by atoms with Crippen molar-refractivity contribution >= 4 is 11.7 Å². The van der Waals surface area contributed by atoms with Crippen LogP contribution in [0.15, 0.2) is 35.0 Å². The maximum atomic E-state index is 11.1. The molecule has 5 nitrogen and oxygen atoms in total. The maximum Gasteiger partial charge on any atom is 0.337 e. The summed E-state index contributed by atoms with van der Waals surface area (Å²) < 4.78 is 4.94. The first-order chi connectivity index (χ1) is 8.18. The van der Waals surface area contributed by atoms with Crippen LogP contribution < -0.4 is 5.32 Å². The second-order valence-electron chi connectivity index (χ2n) is 3.63. The standard InChI is InChI=1S/C12H12N2O3/c1-8-3-2-4-10(12(15)16)11(8)13-7-9-5-6-14-17-9/h2-6,13H,7H2,1H3,(H,15,16). The van der Waals surface area contributed by atoms with Crippen LogP contribution in [0.5, 0.6) is 0 Å². The highest BCUT2D eigenvalue weighted by Gasteiger charge is 2.11. The first kappa shape index (κ1) is 11.2. The van der Waals surface area contributed by atoms with Crippen molar-refractivity contribution in [2.45, 2.75) is 13.5 Å². The number of carboxylic acids is 1. The number of hydrogen-bond donors (Lipinski definition) is 2. The number of nitrogens with one attached hydrogen (secondary N) is 1. The molecule has 2 rings (SSSR count). The Bertz CT molecular complexity index is 521. The quantitative estimate of drug-likeness (QED) is 0.845. The summed E-state index contributed by atoms with van der Waals surface area (Å²) in [5, 5.41) is 15.7. The van der Waals surface area contributed by atoms with E-state index < -0.39 is 5.97 Å². The minimum Gasteiger partial charge on any atom is -0.478 e. The molecular formula is C12H12N2O3. The zero-order valence-electron chi connectivity index (χ0n) is 9.30. The molecular weight excluding hydrogens is 220 g/mol. The zero-order valence-corrected chi connectivity index (χ0v) is 9.30. The molecule has 0 aliphatic rings. The van der Waals surface area contributed by atoms with Gasteiger partial charge in [-0.25, -0.2) is 4.79 Å². The van der Waals surface area contributed by atoms with Crippen molar-refractivity contribution in [3.05, 3.63) is 47.3 Å². The van der Waals surface area contributed by atoms with Crippen LogP contribution >= 0.6 is 0 Å². The summed E-state index contributed by atoms with van der Waals surface area (Å²) in [4.78, 5) is 11.1. The lowest BCUT2D eigenvalue weighted by atomic mass is 10.1. The van der Waals surface area contributed by atoms with Gasteiger partial charge in [0, 0.05) is 6.07 Å². The predicted octanol–water partition coefficient (Wildman–Crippen LogP) is 2.29. The van der Waals surface area contributed by atoms with Gasteiger partial charge < -0.3 is 14.9 Å². The number of aryl methyl sites for hydroxylation is 1. The molecule has 0 bridgehead atoms. The fraction of sp³-hybridized carbons (Fsp3) is 0.167. The number of para-hydroxylation sites is 1. The van der Waals surface area contributed by atoms with Crippen molar-refractivity contribution in [3.63, 3.8) is 0 Å². The molecule has 88 valence electrons. The van der Waals surface area contributed by atoms with Crippen molar-refractivity contribution < 1.29 is 14.4 Å². The van der Waals surface area contributed by atoms with E-state index in [1.54, 1.807) is 24.4 Å². The molecule has 0 radical (unpaired) electrons. The first-order valence-electron chi connectivity index (χ1n) is 5.15. The van der Waals surface area contributed by atoms with Crippen molar-refractivity contribution in [2.75, 3.05) is 5.32 Å². The molecule has 1 aromatic carbocycles. The smallest absolute Gasteiger partial charge is 0.337 e. The molecule has 1 heterocycles. The van der Waals surface area contributed by atoms with Gasteiger partial charge >= 0.3 is 5.97 Å². The highest BCUT2D eigenvalue weighted by atomic mass is 16.5. The second kappa shape index (κ2) is 4.69. The van der Waals surface area contributed by atoms with E-state index in [1.807, 2.05) is 13.0 Å². The normalized spacial score (nSPS) is 10.2. The Balaban J connectivity index is 2.22. The third-order valence-corrected chi connectivity index (χ3v) is 2.43. The van der Waals surface area contributed by atoms with E-state index in [1.165, 1.54) is 0 Å². The van der Waals surface area contributed by atoms with E-state index in [4.69, 9.17) is 9.63 Å². The summed E-state index contributed by atoms with van der Waals surface area (Å²) in [7, 11) is 0. The zero-order chi connectivity index (χ0) is 12.3. The molecule has 0 fully saturated rings. The van der Waals surface area contributed by atoms with E-state index in [0.29, 0.717) is 18.0 Å². The van der Waals surface area contributed by atoms with Gasteiger partial charge in [0.05, 0.1) is 24.0 Å². The van der Waals surface area contributed by atoms with Gasteiger partial charge in [-0.3, -0.25) is 0 Å². The minimum absolute atomic E-state index is 0.254. The molecule has 0 atom stereocenters. The average Bonchev–Trinajstić information content (AvgIpc) is 2.80. The summed E-state index contributed by atoms with van der Waals surface area (Å²) in [6.45, 7) is 2.26. The fourth-order valence-corrected chi connectivity index (χ4v) is 1.59. The van der Waals surface area contributed by atoms with Gasteiger partial charge in [-0.1, -0.05) is 17.3 Å². The van der Waals surface area contributed by atoms with Gasteiger partial charge in [0.2, 0.25) is 0 Å². The van der Waals surface area contributed by atoms with Crippen LogP contribution in [-0.4, -0.2) is 16.2 Å². The average molecular weight is 232 g/mol. The largest absolute Gasteiger partial charge is 0.478 e. The van der Waals surface area contributed by atoms with Crippen LogP contribution in [0.25, 0.3) is 0 Å². The number of carboxylic acid groups (broad SMARTS) is 1. The van der Waals surface area contributed by atoms with Gasteiger partial charge in [0.25, 0.3) is 0 Å². The Morgan fingerprint density at radius 3 is 2.94 bits per heavy atom. The SMILES string of the molecule is Cc1cccc(C(=O)O)c1NCc1ccno1. The van der Waals surface area contributed by atoms with Gasteiger partial charge in [-0.2, -0.15) is 0 Å². The Hall–Kier alpha value is -2.30. The maximum absolute atomic E-state index is 11.1. The topological polar surface area (TPSA) is 75.4 Å². The number of hydrogen-bond acceptors (Lipinski definition) is 4. The van der Waals surface area contributed by atoms with Crippen molar-refractivity contribution in [2.24, 2.45) is 0 Å². The molecule has 0 aliphatic carbocycles. The number of rotatable bonds is 4. The number of aromatic carboxylic acids is 1. The lowest BCUT2D eigenvalue weighted by Crippen LogP contribution is -2.07. The van der Waals surface area contributed by atoms with E-state index in [0.717, 1.165) is 5.56 Å². The minimum atomic E-state index is -0.950. The van der Waals surface area contributed by atoms with Crippen molar-refractivity contribution in [1.29, 1.82) is 0 Å².